The van der Waals surface area contributed by atoms with Crippen molar-refractivity contribution in [1.82, 2.24) is 15.2 Å². The highest BCUT2D eigenvalue weighted by molar-refractivity contribution is 6.02. The van der Waals surface area contributed by atoms with E-state index in [0.717, 1.165) is 24.5 Å². The fourth-order valence-corrected chi connectivity index (χ4v) is 4.24. The molecule has 1 amide bonds. The zero-order valence-electron chi connectivity index (χ0n) is 16.7. The van der Waals surface area contributed by atoms with Gasteiger partial charge in [-0.3, -0.25) is 14.7 Å². The van der Waals surface area contributed by atoms with Crippen LogP contribution >= 0.6 is 0 Å². The van der Waals surface area contributed by atoms with Crippen molar-refractivity contribution >= 4 is 17.3 Å². The van der Waals surface area contributed by atoms with Gasteiger partial charge >= 0.3 is 0 Å². The molecule has 148 valence electrons. The predicted octanol–water partition coefficient (Wildman–Crippen LogP) is 3.56. The van der Waals surface area contributed by atoms with Crippen LogP contribution in [0.15, 0.2) is 48.8 Å². The summed E-state index contributed by atoms with van der Waals surface area (Å²) in [6.45, 7) is 7.35. The highest BCUT2D eigenvalue weighted by atomic mass is 16.2. The number of rotatable bonds is 6. The number of aromatic nitrogens is 1. The van der Waals surface area contributed by atoms with E-state index in [9.17, 15) is 4.79 Å². The van der Waals surface area contributed by atoms with Crippen LogP contribution in [0.4, 0.5) is 11.4 Å². The molecule has 2 fully saturated rings. The van der Waals surface area contributed by atoms with Crippen molar-refractivity contribution in [3.05, 3.63) is 54.4 Å². The third-order valence-electron chi connectivity index (χ3n) is 6.01. The molecule has 0 aliphatic carbocycles. The number of likely N-dealkylation sites (tertiary alicyclic amines) is 1. The number of pyridine rings is 1. The molecule has 3 heterocycles. The van der Waals surface area contributed by atoms with Crippen molar-refractivity contribution in [1.29, 1.82) is 0 Å². The number of carbonyl (C=O) groups excluding carboxylic acids is 1. The van der Waals surface area contributed by atoms with Gasteiger partial charge in [0.1, 0.15) is 0 Å². The average molecular weight is 379 g/mol. The van der Waals surface area contributed by atoms with Crippen LogP contribution in [0, 0.1) is 5.92 Å². The van der Waals surface area contributed by atoms with Crippen LogP contribution in [-0.4, -0.2) is 48.5 Å². The van der Waals surface area contributed by atoms with Crippen LogP contribution < -0.4 is 10.2 Å². The first kappa shape index (κ1) is 19.1. The standard InChI is InChI=1S/C23H30N4O/c1-2-12-26-13-9-19(10-14-26)18-5-7-21(8-6-18)27(22-4-3-11-24-17-22)23(28)20-15-25-16-20/h3-8,11,17,19-20,25H,2,9-10,12-16H2,1H3. The lowest BCUT2D eigenvalue weighted by molar-refractivity contribution is -0.123. The number of nitrogens with one attached hydrogen (secondary N) is 1. The van der Waals surface area contributed by atoms with E-state index < -0.39 is 0 Å². The van der Waals surface area contributed by atoms with Crippen LogP contribution in [0.25, 0.3) is 0 Å². The summed E-state index contributed by atoms with van der Waals surface area (Å²) in [5, 5.41) is 3.20. The van der Waals surface area contributed by atoms with Crippen molar-refractivity contribution in [3.63, 3.8) is 0 Å². The maximum absolute atomic E-state index is 13.1. The first-order valence-corrected chi connectivity index (χ1v) is 10.5. The highest BCUT2D eigenvalue weighted by Crippen LogP contribution is 2.32. The fraction of sp³-hybridized carbons (Fsp3) is 0.478. The Bertz CT molecular complexity index is 765. The molecular formula is C23H30N4O. The van der Waals surface area contributed by atoms with E-state index in [0.29, 0.717) is 5.92 Å². The molecule has 0 atom stereocenters. The molecular weight excluding hydrogens is 348 g/mol. The lowest BCUT2D eigenvalue weighted by Crippen LogP contribution is -2.51. The van der Waals surface area contributed by atoms with Crippen LogP contribution in [-0.2, 0) is 4.79 Å². The van der Waals surface area contributed by atoms with Crippen molar-refractivity contribution in [3.8, 4) is 0 Å². The number of hydrogen-bond acceptors (Lipinski definition) is 4. The van der Waals surface area contributed by atoms with Crippen LogP contribution in [0.2, 0.25) is 0 Å². The summed E-state index contributed by atoms with van der Waals surface area (Å²) in [6.07, 6.45) is 7.18. The molecule has 0 bridgehead atoms. The maximum Gasteiger partial charge on any atom is 0.237 e. The van der Waals surface area contributed by atoms with Gasteiger partial charge in [0, 0.05) is 25.0 Å². The van der Waals surface area contributed by atoms with Crippen LogP contribution in [0.5, 0.6) is 0 Å². The van der Waals surface area contributed by atoms with Gasteiger partial charge in [-0.15, -0.1) is 0 Å². The smallest absolute Gasteiger partial charge is 0.237 e. The number of piperidine rings is 1. The minimum Gasteiger partial charge on any atom is -0.315 e. The van der Waals surface area contributed by atoms with Gasteiger partial charge < -0.3 is 10.2 Å². The molecule has 4 rings (SSSR count). The second-order valence-corrected chi connectivity index (χ2v) is 7.95. The van der Waals surface area contributed by atoms with E-state index >= 15 is 0 Å². The van der Waals surface area contributed by atoms with Gasteiger partial charge in [-0.25, -0.2) is 0 Å². The summed E-state index contributed by atoms with van der Waals surface area (Å²) in [5.74, 6) is 0.815. The molecule has 1 aromatic carbocycles. The number of nitrogens with zero attached hydrogens (tertiary/aromatic N) is 3. The summed E-state index contributed by atoms with van der Waals surface area (Å²) in [4.78, 5) is 21.7. The molecule has 28 heavy (non-hydrogen) atoms. The molecule has 2 aromatic rings. The fourth-order valence-electron chi connectivity index (χ4n) is 4.24. The summed E-state index contributed by atoms with van der Waals surface area (Å²) < 4.78 is 0. The molecule has 2 aliphatic rings. The second-order valence-electron chi connectivity index (χ2n) is 7.95. The Kier molecular flexibility index (Phi) is 6.03. The number of hydrogen-bond donors (Lipinski definition) is 1. The Morgan fingerprint density at radius 2 is 1.89 bits per heavy atom. The topological polar surface area (TPSA) is 48.5 Å². The molecule has 2 saturated heterocycles. The van der Waals surface area contributed by atoms with Crippen molar-refractivity contribution in [2.75, 3.05) is 37.6 Å². The first-order chi connectivity index (χ1) is 13.8. The minimum atomic E-state index is 0.0442. The number of anilines is 2. The zero-order chi connectivity index (χ0) is 19.3. The minimum absolute atomic E-state index is 0.0442. The Hall–Kier alpha value is -2.24. The summed E-state index contributed by atoms with van der Waals surface area (Å²) in [7, 11) is 0. The Morgan fingerprint density at radius 3 is 2.46 bits per heavy atom. The van der Waals surface area contributed by atoms with E-state index in [4.69, 9.17) is 0 Å². The molecule has 1 aromatic heterocycles. The Balaban J connectivity index is 1.51. The number of carbonyl (C=O) groups is 1. The van der Waals surface area contributed by atoms with Crippen LogP contribution in [0.1, 0.15) is 37.7 Å². The predicted molar refractivity (Wildman–Crippen MR) is 113 cm³/mol. The molecule has 0 spiro atoms. The Morgan fingerprint density at radius 1 is 1.14 bits per heavy atom. The molecule has 0 radical (unpaired) electrons. The normalized spacial score (nSPS) is 18.6. The molecule has 5 heteroatoms. The van der Waals surface area contributed by atoms with Crippen molar-refractivity contribution < 1.29 is 4.79 Å². The van der Waals surface area contributed by atoms with E-state index in [2.05, 4.69) is 46.4 Å². The molecule has 1 N–H and O–H groups in total. The van der Waals surface area contributed by atoms with Gasteiger partial charge in [-0.2, -0.15) is 0 Å². The first-order valence-electron chi connectivity index (χ1n) is 10.5. The van der Waals surface area contributed by atoms with Gasteiger partial charge in [0.2, 0.25) is 5.91 Å². The van der Waals surface area contributed by atoms with Gasteiger partial charge in [-0.05, 0) is 74.6 Å². The van der Waals surface area contributed by atoms with Crippen molar-refractivity contribution in [2.24, 2.45) is 5.92 Å². The molecule has 0 unspecified atom stereocenters. The zero-order valence-corrected chi connectivity index (χ0v) is 16.7. The third kappa shape index (κ3) is 4.10. The largest absolute Gasteiger partial charge is 0.315 e. The van der Waals surface area contributed by atoms with Crippen LogP contribution in [0.3, 0.4) is 0 Å². The molecule has 0 saturated carbocycles. The van der Waals surface area contributed by atoms with E-state index in [1.807, 2.05) is 17.0 Å². The maximum atomic E-state index is 13.1. The molecule has 5 nitrogen and oxygen atoms in total. The lowest BCUT2D eigenvalue weighted by Gasteiger charge is -2.33. The quantitative estimate of drug-likeness (QED) is 0.835. The van der Waals surface area contributed by atoms with Gasteiger partial charge in [0.25, 0.3) is 0 Å². The third-order valence-corrected chi connectivity index (χ3v) is 6.01. The monoisotopic (exact) mass is 378 g/mol. The lowest BCUT2D eigenvalue weighted by atomic mass is 9.89. The van der Waals surface area contributed by atoms with Crippen molar-refractivity contribution in [2.45, 2.75) is 32.1 Å². The summed E-state index contributed by atoms with van der Waals surface area (Å²) >= 11 is 0. The summed E-state index contributed by atoms with van der Waals surface area (Å²) in [6, 6.07) is 12.5. The van der Waals surface area contributed by atoms with Gasteiger partial charge in [0.05, 0.1) is 17.8 Å². The van der Waals surface area contributed by atoms with E-state index in [-0.39, 0.29) is 11.8 Å². The number of amides is 1. The highest BCUT2D eigenvalue weighted by Gasteiger charge is 2.31. The average Bonchev–Trinajstić information content (AvgIpc) is 2.69. The second kappa shape index (κ2) is 8.84. The number of benzene rings is 1. The van der Waals surface area contributed by atoms with E-state index in [1.165, 1.54) is 44.5 Å². The van der Waals surface area contributed by atoms with Gasteiger partial charge in [0.15, 0.2) is 0 Å². The van der Waals surface area contributed by atoms with E-state index in [1.54, 1.807) is 12.4 Å². The Labute approximate surface area is 167 Å². The van der Waals surface area contributed by atoms with Gasteiger partial charge in [-0.1, -0.05) is 19.1 Å². The summed E-state index contributed by atoms with van der Waals surface area (Å²) in [5.41, 5.74) is 3.15. The SMILES string of the molecule is CCCN1CCC(c2ccc(N(C(=O)C3CNC3)c3cccnc3)cc2)CC1. The molecule has 2 aliphatic heterocycles.